The van der Waals surface area contributed by atoms with Crippen molar-refractivity contribution in [2.24, 2.45) is 0 Å². The van der Waals surface area contributed by atoms with Crippen LogP contribution < -0.4 is 10.2 Å². The first-order chi connectivity index (χ1) is 16.6. The van der Waals surface area contributed by atoms with Gasteiger partial charge in [-0.3, -0.25) is 4.79 Å². The minimum absolute atomic E-state index is 0.241. The summed E-state index contributed by atoms with van der Waals surface area (Å²) in [5.41, 5.74) is 2.81. The number of carbonyl (C=O) groups is 2. The van der Waals surface area contributed by atoms with Crippen molar-refractivity contribution in [2.75, 3.05) is 11.9 Å². The Kier molecular flexibility index (Phi) is 6.67. The molecule has 4 rings (SSSR count). The second kappa shape index (κ2) is 9.68. The molecule has 3 aromatic rings. The molecule has 35 heavy (non-hydrogen) atoms. The van der Waals surface area contributed by atoms with Crippen LogP contribution in [0.1, 0.15) is 42.5 Å². The second-order valence-corrected chi connectivity index (χ2v) is 9.05. The number of aliphatic hydroxyl groups is 1. The van der Waals surface area contributed by atoms with E-state index in [1.807, 2.05) is 18.2 Å². The molecule has 0 fully saturated rings. The molecule has 8 nitrogen and oxygen atoms in total. The average Bonchev–Trinajstić information content (AvgIpc) is 3.25. The summed E-state index contributed by atoms with van der Waals surface area (Å²) in [7, 11) is 1.67. The van der Waals surface area contributed by atoms with E-state index < -0.39 is 23.6 Å². The number of aryl methyl sites for hydroxylation is 1. The number of hydrogen-bond donors (Lipinski definition) is 2. The third kappa shape index (κ3) is 5.91. The number of pyridine rings is 1. The summed E-state index contributed by atoms with van der Waals surface area (Å²) in [6.07, 6.45) is 6.04. The Morgan fingerprint density at radius 2 is 2.06 bits per heavy atom. The first-order valence-electron chi connectivity index (χ1n) is 11.2. The minimum atomic E-state index is -1.12. The highest BCUT2D eigenvalue weighted by Gasteiger charge is 2.30. The molecule has 0 spiro atoms. The molecule has 1 aliphatic rings. The number of benzene rings is 1. The maximum absolute atomic E-state index is 13.1. The van der Waals surface area contributed by atoms with Gasteiger partial charge in [0.1, 0.15) is 11.6 Å². The molecule has 2 aromatic heterocycles. The molecule has 0 aliphatic carbocycles. The number of hydrogen-bond acceptors (Lipinski definition) is 5. The molecule has 0 radical (unpaired) electrons. The van der Waals surface area contributed by atoms with E-state index in [1.165, 1.54) is 17.2 Å². The van der Waals surface area contributed by atoms with Crippen LogP contribution in [0.3, 0.4) is 0 Å². The predicted octanol–water partition coefficient (Wildman–Crippen LogP) is 2.67. The van der Waals surface area contributed by atoms with Crippen LogP contribution in [-0.2, 0) is 17.6 Å². The zero-order valence-corrected chi connectivity index (χ0v) is 19.7. The van der Waals surface area contributed by atoms with Crippen LogP contribution in [-0.4, -0.2) is 50.5 Å². The molecule has 3 heterocycles. The van der Waals surface area contributed by atoms with E-state index in [9.17, 15) is 19.1 Å². The highest BCUT2D eigenvalue weighted by Crippen LogP contribution is 2.27. The number of rotatable bonds is 3. The summed E-state index contributed by atoms with van der Waals surface area (Å²) in [6, 6.07) is 7.27. The third-order valence-electron chi connectivity index (χ3n) is 5.63. The zero-order chi connectivity index (χ0) is 25.2. The maximum atomic E-state index is 13.1. The lowest BCUT2D eigenvalue weighted by molar-refractivity contribution is -0.120. The number of aromatic nitrogens is 3. The van der Waals surface area contributed by atoms with E-state index in [0.717, 1.165) is 27.1 Å². The highest BCUT2D eigenvalue weighted by atomic mass is 19.1. The van der Waals surface area contributed by atoms with Crippen molar-refractivity contribution in [3.05, 3.63) is 77.1 Å². The number of halogens is 1. The summed E-state index contributed by atoms with van der Waals surface area (Å²) in [6.45, 7) is 3.21. The monoisotopic (exact) mass is 475 g/mol. The fourth-order valence-electron chi connectivity index (χ4n) is 3.82. The van der Waals surface area contributed by atoms with Gasteiger partial charge in [0.05, 0.1) is 6.20 Å². The topological polar surface area (TPSA) is 100 Å². The summed E-state index contributed by atoms with van der Waals surface area (Å²) < 4.78 is 14.2. The maximum Gasteiger partial charge on any atom is 0.342 e. The number of likely N-dealkylation sites (N-methyl/N-ethyl adjacent to an activating group) is 1. The van der Waals surface area contributed by atoms with Crippen molar-refractivity contribution in [3.8, 4) is 11.8 Å². The van der Waals surface area contributed by atoms with E-state index in [-0.39, 0.29) is 5.91 Å². The van der Waals surface area contributed by atoms with Gasteiger partial charge in [-0.1, -0.05) is 24.0 Å². The summed E-state index contributed by atoms with van der Waals surface area (Å²) in [5, 5.41) is 16.7. The highest BCUT2D eigenvalue weighted by molar-refractivity contribution is 6.00. The second-order valence-electron chi connectivity index (χ2n) is 9.05. The number of nitrogens with zero attached hydrogens (tertiary/aromatic N) is 4. The van der Waals surface area contributed by atoms with Crippen LogP contribution in [0.25, 0.3) is 0 Å². The number of anilines is 1. The Bertz CT molecular complexity index is 1320. The smallest absolute Gasteiger partial charge is 0.342 e. The Morgan fingerprint density at radius 1 is 1.26 bits per heavy atom. The number of fused-ring (bicyclic) bond motifs is 1. The fraction of sp³-hybridized carbons (Fsp3) is 0.308. The molecular weight excluding hydrogens is 449 g/mol. The molecule has 2 amide bonds. The predicted molar refractivity (Wildman–Crippen MR) is 128 cm³/mol. The number of amides is 2. The molecule has 180 valence electrons. The molecule has 0 saturated heterocycles. The van der Waals surface area contributed by atoms with E-state index >= 15 is 0 Å². The SMILES string of the molecule is CN1C(=O)C(NC(=O)n2cc(Cc3ccc(F)nc3)cn2)CCc2ccc(C#CC(C)(C)O)cc21. The van der Waals surface area contributed by atoms with Crippen LogP contribution in [0, 0.1) is 17.8 Å². The van der Waals surface area contributed by atoms with Gasteiger partial charge in [-0.05, 0) is 61.6 Å². The van der Waals surface area contributed by atoms with Crippen LogP contribution >= 0.6 is 0 Å². The normalized spacial score (nSPS) is 15.6. The Morgan fingerprint density at radius 3 is 2.77 bits per heavy atom. The van der Waals surface area contributed by atoms with E-state index in [0.29, 0.717) is 24.8 Å². The molecule has 9 heteroatoms. The van der Waals surface area contributed by atoms with Crippen molar-refractivity contribution in [2.45, 2.75) is 44.8 Å². The average molecular weight is 476 g/mol. The van der Waals surface area contributed by atoms with Crippen LogP contribution in [0.15, 0.2) is 48.9 Å². The molecule has 2 N–H and O–H groups in total. The van der Waals surface area contributed by atoms with Crippen molar-refractivity contribution < 1.29 is 19.1 Å². The summed E-state index contributed by atoms with van der Waals surface area (Å²) >= 11 is 0. The van der Waals surface area contributed by atoms with E-state index in [2.05, 4.69) is 27.2 Å². The molecule has 0 bridgehead atoms. The van der Waals surface area contributed by atoms with E-state index in [4.69, 9.17) is 0 Å². The quantitative estimate of drug-likeness (QED) is 0.448. The van der Waals surface area contributed by atoms with Gasteiger partial charge < -0.3 is 15.3 Å². The first-order valence-corrected chi connectivity index (χ1v) is 11.2. The van der Waals surface area contributed by atoms with Gasteiger partial charge in [-0.15, -0.1) is 0 Å². The van der Waals surface area contributed by atoms with Gasteiger partial charge in [-0.25, -0.2) is 9.78 Å². The largest absolute Gasteiger partial charge is 0.378 e. The molecular formula is C26H26FN5O3. The fourth-order valence-corrected chi connectivity index (χ4v) is 3.82. The molecule has 0 saturated carbocycles. The number of carbonyl (C=O) groups excluding carboxylic acids is 2. The van der Waals surface area contributed by atoms with Crippen LogP contribution in [0.4, 0.5) is 14.9 Å². The van der Waals surface area contributed by atoms with Crippen molar-refractivity contribution in [1.29, 1.82) is 0 Å². The Labute approximate surface area is 202 Å². The molecule has 1 unspecified atom stereocenters. The van der Waals surface area contributed by atoms with Gasteiger partial charge in [0.15, 0.2) is 0 Å². The van der Waals surface area contributed by atoms with Crippen LogP contribution in [0.5, 0.6) is 0 Å². The zero-order valence-electron chi connectivity index (χ0n) is 19.7. The van der Waals surface area contributed by atoms with E-state index in [1.54, 1.807) is 39.4 Å². The van der Waals surface area contributed by atoms with Gasteiger partial charge >= 0.3 is 6.03 Å². The Balaban J connectivity index is 1.45. The van der Waals surface area contributed by atoms with Gasteiger partial charge in [-0.2, -0.15) is 14.2 Å². The number of nitrogens with one attached hydrogen (secondary N) is 1. The van der Waals surface area contributed by atoms with Crippen molar-refractivity contribution >= 4 is 17.6 Å². The van der Waals surface area contributed by atoms with Gasteiger partial charge in [0.2, 0.25) is 11.9 Å². The Hall–Kier alpha value is -4.03. The molecule has 1 aromatic carbocycles. The summed E-state index contributed by atoms with van der Waals surface area (Å²) in [5.74, 6) is 4.92. The summed E-state index contributed by atoms with van der Waals surface area (Å²) in [4.78, 5) is 31.1. The minimum Gasteiger partial charge on any atom is -0.378 e. The van der Waals surface area contributed by atoms with Gasteiger partial charge in [0.25, 0.3) is 0 Å². The van der Waals surface area contributed by atoms with Crippen molar-refractivity contribution in [3.63, 3.8) is 0 Å². The molecule has 1 atom stereocenters. The molecule has 1 aliphatic heterocycles. The lowest BCUT2D eigenvalue weighted by atomic mass is 10.0. The van der Waals surface area contributed by atoms with Gasteiger partial charge in [0, 0.05) is 37.1 Å². The lowest BCUT2D eigenvalue weighted by Gasteiger charge is -2.22. The van der Waals surface area contributed by atoms with Crippen molar-refractivity contribution in [1.82, 2.24) is 20.1 Å². The lowest BCUT2D eigenvalue weighted by Crippen LogP contribution is -2.48. The first kappa shape index (κ1) is 24.1. The van der Waals surface area contributed by atoms with Crippen LogP contribution in [0.2, 0.25) is 0 Å². The third-order valence-corrected chi connectivity index (χ3v) is 5.63. The standard InChI is InChI=1S/C26H26FN5O3/c1-26(2,35)11-10-17-4-6-20-7-8-21(24(33)31(3)22(20)13-17)30-25(34)32-16-19(15-29-32)12-18-5-9-23(27)28-14-18/h4-6,9,13-16,21,35H,7-8,12H2,1-3H3,(H,30,34).